The zero-order chi connectivity index (χ0) is 27.5. The third-order valence-corrected chi connectivity index (χ3v) is 6.52. The van der Waals surface area contributed by atoms with Crippen LogP contribution in [-0.2, 0) is 22.6 Å². The highest BCUT2D eigenvalue weighted by atomic mass is 16.5. The van der Waals surface area contributed by atoms with Crippen molar-refractivity contribution in [2.45, 2.75) is 44.4 Å². The van der Waals surface area contributed by atoms with Crippen molar-refractivity contribution >= 4 is 28.3 Å². The predicted octanol–water partition coefficient (Wildman–Crippen LogP) is 4.54. The quantitative estimate of drug-likeness (QED) is 0.205. The van der Waals surface area contributed by atoms with Crippen LogP contribution < -0.4 is 26.8 Å². The Morgan fingerprint density at radius 3 is 2.28 bits per heavy atom. The minimum absolute atomic E-state index is 0.106. The van der Waals surface area contributed by atoms with Gasteiger partial charge in [0.2, 0.25) is 11.8 Å². The van der Waals surface area contributed by atoms with Gasteiger partial charge in [0.1, 0.15) is 12.4 Å². The molecular formula is C32H36N4O3. The summed E-state index contributed by atoms with van der Waals surface area (Å²) in [5, 5.41) is 8.10. The van der Waals surface area contributed by atoms with Crippen molar-refractivity contribution < 1.29 is 14.3 Å². The summed E-state index contributed by atoms with van der Waals surface area (Å²) in [6, 6.07) is 30.3. The molecule has 0 aliphatic carbocycles. The summed E-state index contributed by atoms with van der Waals surface area (Å²) in [7, 11) is 0. The zero-order valence-corrected chi connectivity index (χ0v) is 22.0. The molecule has 0 bridgehead atoms. The van der Waals surface area contributed by atoms with E-state index in [9.17, 15) is 9.59 Å². The zero-order valence-electron chi connectivity index (χ0n) is 22.0. The molecule has 2 amide bonds. The molecule has 0 radical (unpaired) electrons. The van der Waals surface area contributed by atoms with E-state index in [4.69, 9.17) is 16.2 Å². The Morgan fingerprint density at radius 2 is 1.54 bits per heavy atom. The minimum Gasteiger partial charge on any atom is -0.489 e. The van der Waals surface area contributed by atoms with E-state index in [0.717, 1.165) is 27.6 Å². The molecule has 0 saturated carbocycles. The van der Waals surface area contributed by atoms with Crippen molar-refractivity contribution in [1.29, 1.82) is 0 Å². The van der Waals surface area contributed by atoms with Gasteiger partial charge < -0.3 is 26.8 Å². The lowest BCUT2D eigenvalue weighted by atomic mass is 10.0. The van der Waals surface area contributed by atoms with Crippen molar-refractivity contribution in [3.63, 3.8) is 0 Å². The normalized spacial score (nSPS) is 12.5. The summed E-state index contributed by atoms with van der Waals surface area (Å²) in [6.45, 7) is 0.950. The largest absolute Gasteiger partial charge is 0.489 e. The summed E-state index contributed by atoms with van der Waals surface area (Å²) in [5.41, 5.74) is 14.4. The Kier molecular flexibility index (Phi) is 10.1. The second-order valence-corrected chi connectivity index (χ2v) is 9.68. The van der Waals surface area contributed by atoms with Crippen LogP contribution in [0, 0.1) is 0 Å². The molecular weight excluding hydrogens is 488 g/mol. The lowest BCUT2D eigenvalue weighted by Crippen LogP contribution is -2.47. The van der Waals surface area contributed by atoms with Crippen LogP contribution in [0.5, 0.6) is 5.75 Å². The molecule has 7 nitrogen and oxygen atoms in total. The Balaban J connectivity index is 1.40. The Bertz CT molecular complexity index is 1360. The summed E-state index contributed by atoms with van der Waals surface area (Å²) in [4.78, 5) is 25.8. The van der Waals surface area contributed by atoms with Gasteiger partial charge in [0.15, 0.2) is 0 Å². The smallest absolute Gasteiger partial charge is 0.237 e. The van der Waals surface area contributed by atoms with E-state index in [-0.39, 0.29) is 18.2 Å². The molecule has 0 spiro atoms. The molecule has 4 rings (SSSR count). The Hall–Kier alpha value is -4.20. The number of ether oxygens (including phenoxy) is 1. The molecule has 0 heterocycles. The fourth-order valence-corrected chi connectivity index (χ4v) is 4.40. The van der Waals surface area contributed by atoms with Crippen LogP contribution in [0.1, 0.15) is 30.4 Å². The SMILES string of the molecule is NCCC[C@H](N)C(=O)N[C@H](CC(=O)Nc1ccc2ccccc2c1)Cc1ccc(OCc2ccccc2)cc1. The van der Waals surface area contributed by atoms with Gasteiger partial charge in [-0.25, -0.2) is 0 Å². The highest BCUT2D eigenvalue weighted by Gasteiger charge is 2.21. The molecule has 0 aromatic heterocycles. The molecule has 0 aliphatic heterocycles. The first-order valence-corrected chi connectivity index (χ1v) is 13.3. The summed E-state index contributed by atoms with van der Waals surface area (Å²) in [5.74, 6) is 0.282. The topological polar surface area (TPSA) is 119 Å². The fourth-order valence-electron chi connectivity index (χ4n) is 4.40. The van der Waals surface area contributed by atoms with E-state index < -0.39 is 12.1 Å². The van der Waals surface area contributed by atoms with Crippen molar-refractivity contribution in [2.75, 3.05) is 11.9 Å². The number of carbonyl (C=O) groups excluding carboxylic acids is 2. The molecule has 0 unspecified atom stereocenters. The summed E-state index contributed by atoms with van der Waals surface area (Å²) in [6.07, 6.45) is 1.73. The van der Waals surface area contributed by atoms with Crippen LogP contribution in [0.4, 0.5) is 5.69 Å². The number of carbonyl (C=O) groups is 2. The van der Waals surface area contributed by atoms with E-state index in [1.165, 1.54) is 0 Å². The van der Waals surface area contributed by atoms with Gasteiger partial charge in [-0.1, -0.05) is 72.8 Å². The number of nitrogens with two attached hydrogens (primary N) is 2. The monoisotopic (exact) mass is 524 g/mol. The predicted molar refractivity (Wildman–Crippen MR) is 156 cm³/mol. The van der Waals surface area contributed by atoms with Crippen LogP contribution in [0.2, 0.25) is 0 Å². The number of anilines is 1. The highest BCUT2D eigenvalue weighted by Crippen LogP contribution is 2.20. The molecule has 39 heavy (non-hydrogen) atoms. The molecule has 202 valence electrons. The van der Waals surface area contributed by atoms with Gasteiger partial charge in [-0.3, -0.25) is 9.59 Å². The number of nitrogens with one attached hydrogen (secondary N) is 2. The van der Waals surface area contributed by atoms with Crippen molar-refractivity contribution in [3.05, 3.63) is 108 Å². The van der Waals surface area contributed by atoms with Gasteiger partial charge in [-0.2, -0.15) is 0 Å². The van der Waals surface area contributed by atoms with Crippen LogP contribution in [0.15, 0.2) is 97.1 Å². The third kappa shape index (κ3) is 8.67. The molecule has 0 fully saturated rings. The molecule has 2 atom stereocenters. The summed E-state index contributed by atoms with van der Waals surface area (Å²) >= 11 is 0. The van der Waals surface area contributed by atoms with Crippen LogP contribution in [0.25, 0.3) is 10.8 Å². The Labute approximate surface area is 229 Å². The lowest BCUT2D eigenvalue weighted by Gasteiger charge is -2.21. The lowest BCUT2D eigenvalue weighted by molar-refractivity contribution is -0.123. The first-order chi connectivity index (χ1) is 19.0. The number of benzene rings is 4. The van der Waals surface area contributed by atoms with Crippen molar-refractivity contribution in [2.24, 2.45) is 11.5 Å². The van der Waals surface area contributed by atoms with Gasteiger partial charge in [-0.15, -0.1) is 0 Å². The molecule has 4 aromatic carbocycles. The maximum Gasteiger partial charge on any atom is 0.237 e. The van der Waals surface area contributed by atoms with E-state index in [1.807, 2.05) is 97.1 Å². The average molecular weight is 525 g/mol. The highest BCUT2D eigenvalue weighted by molar-refractivity contribution is 5.95. The number of amides is 2. The summed E-state index contributed by atoms with van der Waals surface area (Å²) < 4.78 is 5.89. The maximum absolute atomic E-state index is 13.0. The van der Waals surface area contributed by atoms with Gasteiger partial charge in [-0.05, 0) is 72.0 Å². The molecule has 0 saturated heterocycles. The van der Waals surface area contributed by atoms with Crippen LogP contribution in [0.3, 0.4) is 0 Å². The second-order valence-electron chi connectivity index (χ2n) is 9.68. The number of hydrogen-bond acceptors (Lipinski definition) is 5. The maximum atomic E-state index is 13.0. The molecule has 0 aliphatic rings. The van der Waals surface area contributed by atoms with Crippen molar-refractivity contribution in [3.8, 4) is 5.75 Å². The molecule has 6 N–H and O–H groups in total. The average Bonchev–Trinajstić information content (AvgIpc) is 2.96. The van der Waals surface area contributed by atoms with Gasteiger partial charge >= 0.3 is 0 Å². The number of fused-ring (bicyclic) bond motifs is 1. The van der Waals surface area contributed by atoms with Crippen LogP contribution >= 0.6 is 0 Å². The van der Waals surface area contributed by atoms with Gasteiger partial charge in [0.05, 0.1) is 6.04 Å². The van der Waals surface area contributed by atoms with E-state index in [0.29, 0.717) is 38.1 Å². The first-order valence-electron chi connectivity index (χ1n) is 13.3. The Morgan fingerprint density at radius 1 is 0.821 bits per heavy atom. The van der Waals surface area contributed by atoms with Gasteiger partial charge in [0.25, 0.3) is 0 Å². The van der Waals surface area contributed by atoms with E-state index >= 15 is 0 Å². The minimum atomic E-state index is -0.673. The molecule has 7 heteroatoms. The van der Waals surface area contributed by atoms with Crippen molar-refractivity contribution in [1.82, 2.24) is 5.32 Å². The fraction of sp³-hybridized carbons (Fsp3) is 0.250. The van der Waals surface area contributed by atoms with E-state index in [2.05, 4.69) is 10.6 Å². The molecule has 4 aromatic rings. The number of rotatable bonds is 13. The first kappa shape index (κ1) is 27.8. The third-order valence-electron chi connectivity index (χ3n) is 6.52. The number of hydrogen-bond donors (Lipinski definition) is 4. The second kappa shape index (κ2) is 14.1. The van der Waals surface area contributed by atoms with E-state index in [1.54, 1.807) is 0 Å². The standard InChI is InChI=1S/C32H36N4O3/c33-18-6-11-30(34)32(38)36-28(21-31(37)35-27-15-14-25-9-4-5-10-26(25)20-27)19-23-12-16-29(17-13-23)39-22-24-7-2-1-3-8-24/h1-5,7-10,12-17,20,28,30H,6,11,18-19,21-22,33-34H2,(H,35,37)(H,36,38)/t28-,30-/m0/s1. The van der Waals surface area contributed by atoms with Gasteiger partial charge in [0, 0.05) is 18.2 Å². The van der Waals surface area contributed by atoms with Crippen LogP contribution in [-0.4, -0.2) is 30.4 Å².